The predicted molar refractivity (Wildman–Crippen MR) is 63.6 cm³/mol. The quantitative estimate of drug-likeness (QED) is 0.755. The van der Waals surface area contributed by atoms with Gasteiger partial charge in [-0.05, 0) is 30.8 Å². The van der Waals surface area contributed by atoms with Crippen molar-refractivity contribution in [3.05, 3.63) is 29.8 Å². The van der Waals surface area contributed by atoms with E-state index in [1.807, 2.05) is 25.8 Å². The molecule has 0 spiro atoms. The number of carbonyl (C=O) groups is 1. The summed E-state index contributed by atoms with van der Waals surface area (Å²) in [6.45, 7) is 1.94. The van der Waals surface area contributed by atoms with Gasteiger partial charge >= 0.3 is 0 Å². The third-order valence-electron chi connectivity index (χ3n) is 2.16. The van der Waals surface area contributed by atoms with Crippen molar-refractivity contribution in [1.82, 2.24) is 0 Å². The van der Waals surface area contributed by atoms with E-state index in [4.69, 9.17) is 0 Å². The highest BCUT2D eigenvalue weighted by Crippen LogP contribution is 2.13. The molecular formula is C11H16NOP. The van der Waals surface area contributed by atoms with E-state index in [0.717, 1.165) is 12.1 Å². The molecule has 0 heterocycles. The molecule has 0 aliphatic carbocycles. The number of carbonyl (C=O) groups excluding carboxylic acids is 1. The van der Waals surface area contributed by atoms with Crippen LogP contribution in [0.25, 0.3) is 0 Å². The molecule has 0 amide bonds. The minimum atomic E-state index is 0.364. The van der Waals surface area contributed by atoms with E-state index >= 15 is 0 Å². The number of benzene rings is 1. The van der Waals surface area contributed by atoms with Crippen LogP contribution in [-0.2, 0) is 11.2 Å². The second-order valence-electron chi connectivity index (χ2n) is 3.12. The van der Waals surface area contributed by atoms with Crippen LogP contribution in [0, 0.1) is 0 Å². The summed E-state index contributed by atoms with van der Waals surface area (Å²) in [6.07, 6.45) is 1.54. The Morgan fingerprint density at radius 1 is 1.36 bits per heavy atom. The van der Waals surface area contributed by atoms with Crippen molar-refractivity contribution in [2.24, 2.45) is 0 Å². The molecule has 2 nitrogen and oxygen atoms in total. The Labute approximate surface area is 86.9 Å². The zero-order valence-electron chi connectivity index (χ0n) is 8.63. The molecular weight excluding hydrogens is 193 g/mol. The minimum absolute atomic E-state index is 0.364. The first-order chi connectivity index (χ1) is 6.76. The van der Waals surface area contributed by atoms with Gasteiger partial charge in [0, 0.05) is 19.2 Å². The van der Waals surface area contributed by atoms with Gasteiger partial charge in [0.1, 0.15) is 0 Å². The van der Waals surface area contributed by atoms with Gasteiger partial charge in [-0.3, -0.25) is 4.79 Å². The van der Waals surface area contributed by atoms with E-state index in [-0.39, 0.29) is 0 Å². The first-order valence-corrected chi connectivity index (χ1v) is 6.23. The SMILES string of the molecule is CNc1ccc(CCC(=O)PC)cc1. The maximum Gasteiger partial charge on any atom is 0.151 e. The Hall–Kier alpha value is -0.880. The van der Waals surface area contributed by atoms with Crippen LogP contribution in [0.5, 0.6) is 0 Å². The van der Waals surface area contributed by atoms with Crippen LogP contribution in [0.15, 0.2) is 24.3 Å². The molecule has 0 aliphatic rings. The first kappa shape index (κ1) is 11.2. The average molecular weight is 209 g/mol. The molecule has 0 aliphatic heterocycles. The number of hydrogen-bond donors (Lipinski definition) is 1. The van der Waals surface area contributed by atoms with Crippen molar-refractivity contribution in [2.75, 3.05) is 19.0 Å². The molecule has 1 atom stereocenters. The summed E-state index contributed by atoms with van der Waals surface area (Å²) < 4.78 is 0. The lowest BCUT2D eigenvalue weighted by molar-refractivity contribution is -0.111. The van der Waals surface area contributed by atoms with Crippen LogP contribution in [0.1, 0.15) is 12.0 Å². The fourth-order valence-electron chi connectivity index (χ4n) is 1.22. The summed E-state index contributed by atoms with van der Waals surface area (Å²) in [5.74, 6) is 0. The number of hydrogen-bond acceptors (Lipinski definition) is 2. The summed E-state index contributed by atoms with van der Waals surface area (Å²) >= 11 is 0. The van der Waals surface area contributed by atoms with Crippen molar-refractivity contribution >= 4 is 19.8 Å². The van der Waals surface area contributed by atoms with Crippen molar-refractivity contribution in [3.8, 4) is 0 Å². The van der Waals surface area contributed by atoms with Gasteiger partial charge in [-0.2, -0.15) is 0 Å². The molecule has 14 heavy (non-hydrogen) atoms. The molecule has 1 aromatic carbocycles. The second-order valence-corrected chi connectivity index (χ2v) is 4.18. The molecule has 0 fully saturated rings. The zero-order valence-corrected chi connectivity index (χ0v) is 9.63. The van der Waals surface area contributed by atoms with Crippen molar-refractivity contribution in [1.29, 1.82) is 0 Å². The molecule has 1 aromatic rings. The molecule has 0 aromatic heterocycles. The van der Waals surface area contributed by atoms with Crippen LogP contribution < -0.4 is 5.32 Å². The van der Waals surface area contributed by atoms with Gasteiger partial charge in [-0.1, -0.05) is 20.7 Å². The molecule has 0 saturated heterocycles. The van der Waals surface area contributed by atoms with Gasteiger partial charge in [0.15, 0.2) is 5.52 Å². The zero-order chi connectivity index (χ0) is 10.4. The molecule has 1 unspecified atom stereocenters. The number of nitrogens with one attached hydrogen (secondary N) is 1. The number of anilines is 1. The average Bonchev–Trinajstić information content (AvgIpc) is 2.26. The lowest BCUT2D eigenvalue weighted by atomic mass is 10.1. The Balaban J connectivity index is 2.47. The summed E-state index contributed by atoms with van der Waals surface area (Å²) in [6, 6.07) is 8.21. The van der Waals surface area contributed by atoms with Gasteiger partial charge in [0.2, 0.25) is 0 Å². The normalized spacial score (nSPS) is 10.7. The van der Waals surface area contributed by atoms with E-state index < -0.39 is 0 Å². The second kappa shape index (κ2) is 5.77. The number of rotatable bonds is 5. The van der Waals surface area contributed by atoms with Gasteiger partial charge in [0.25, 0.3) is 0 Å². The largest absolute Gasteiger partial charge is 0.388 e. The highest BCUT2D eigenvalue weighted by molar-refractivity contribution is 7.57. The topological polar surface area (TPSA) is 29.1 Å². The molecule has 0 saturated carbocycles. The molecule has 76 valence electrons. The first-order valence-electron chi connectivity index (χ1n) is 4.73. The third-order valence-corrected chi connectivity index (χ3v) is 2.97. The minimum Gasteiger partial charge on any atom is -0.388 e. The Morgan fingerprint density at radius 3 is 2.50 bits per heavy atom. The third kappa shape index (κ3) is 3.47. The Morgan fingerprint density at radius 2 is 2.00 bits per heavy atom. The van der Waals surface area contributed by atoms with Gasteiger partial charge in [-0.15, -0.1) is 0 Å². The van der Waals surface area contributed by atoms with Crippen LogP contribution in [0.4, 0.5) is 5.69 Å². The fraction of sp³-hybridized carbons (Fsp3) is 0.364. The van der Waals surface area contributed by atoms with Crippen LogP contribution >= 0.6 is 8.58 Å². The molecule has 0 bridgehead atoms. The molecule has 1 rings (SSSR count). The molecule has 0 radical (unpaired) electrons. The standard InChI is InChI=1S/C11H16NOP/c1-12-10-6-3-9(4-7-10)5-8-11(13)14-2/h3-4,6-7,12,14H,5,8H2,1-2H3. The Kier molecular flexibility index (Phi) is 4.61. The lowest BCUT2D eigenvalue weighted by Gasteiger charge is -2.02. The van der Waals surface area contributed by atoms with E-state index in [9.17, 15) is 4.79 Å². The van der Waals surface area contributed by atoms with Crippen molar-refractivity contribution in [3.63, 3.8) is 0 Å². The van der Waals surface area contributed by atoms with E-state index in [1.54, 1.807) is 0 Å². The maximum atomic E-state index is 11.1. The van der Waals surface area contributed by atoms with Crippen molar-refractivity contribution in [2.45, 2.75) is 12.8 Å². The lowest BCUT2D eigenvalue weighted by Crippen LogP contribution is -1.93. The summed E-state index contributed by atoms with van der Waals surface area (Å²) in [7, 11) is 2.33. The van der Waals surface area contributed by atoms with Crippen LogP contribution in [-0.4, -0.2) is 19.2 Å². The number of aryl methyl sites for hydroxylation is 1. The summed E-state index contributed by atoms with van der Waals surface area (Å²) in [4.78, 5) is 11.1. The van der Waals surface area contributed by atoms with Crippen LogP contribution in [0.2, 0.25) is 0 Å². The van der Waals surface area contributed by atoms with E-state index in [2.05, 4.69) is 17.4 Å². The Bertz CT molecular complexity index is 295. The van der Waals surface area contributed by atoms with Crippen molar-refractivity contribution < 1.29 is 4.79 Å². The highest BCUT2D eigenvalue weighted by Gasteiger charge is 1.99. The predicted octanol–water partition coefficient (Wildman–Crippen LogP) is 2.50. The fourth-order valence-corrected chi connectivity index (χ4v) is 1.60. The van der Waals surface area contributed by atoms with Crippen LogP contribution in [0.3, 0.4) is 0 Å². The molecule has 3 heteroatoms. The van der Waals surface area contributed by atoms with E-state index in [0.29, 0.717) is 20.5 Å². The maximum absolute atomic E-state index is 11.1. The molecule has 1 N–H and O–H groups in total. The van der Waals surface area contributed by atoms with Gasteiger partial charge in [0.05, 0.1) is 0 Å². The highest BCUT2D eigenvalue weighted by atomic mass is 31.1. The van der Waals surface area contributed by atoms with Gasteiger partial charge in [-0.25, -0.2) is 0 Å². The monoisotopic (exact) mass is 209 g/mol. The smallest absolute Gasteiger partial charge is 0.151 e. The van der Waals surface area contributed by atoms with E-state index in [1.165, 1.54) is 5.56 Å². The summed E-state index contributed by atoms with van der Waals surface area (Å²) in [5.41, 5.74) is 2.70. The van der Waals surface area contributed by atoms with Gasteiger partial charge < -0.3 is 5.32 Å². The summed E-state index contributed by atoms with van der Waals surface area (Å²) in [5, 5.41) is 3.06.